The molecule has 0 unspecified atom stereocenters. The van der Waals surface area contributed by atoms with Crippen LogP contribution in [-0.2, 0) is 0 Å². The van der Waals surface area contributed by atoms with Crippen LogP contribution in [0, 0.1) is 5.92 Å². The van der Waals surface area contributed by atoms with E-state index >= 15 is 0 Å². The molecule has 2 heteroatoms. The number of hydrogen-bond acceptors (Lipinski definition) is 2. The molecule has 0 N–H and O–H groups in total. The summed E-state index contributed by atoms with van der Waals surface area (Å²) in [6.45, 7) is 0. The first kappa shape index (κ1) is 11.7. The Kier molecular flexibility index (Phi) is 2.80. The Morgan fingerprint density at radius 1 is 0.900 bits per heavy atom. The molecule has 1 fully saturated rings. The predicted molar refractivity (Wildman–Crippen MR) is 82.9 cm³/mol. The van der Waals surface area contributed by atoms with E-state index in [9.17, 15) is 0 Å². The third-order valence-corrected chi connectivity index (χ3v) is 4.42. The molecule has 100 valence electrons. The normalized spacial score (nSPS) is 24.6. The van der Waals surface area contributed by atoms with Gasteiger partial charge in [-0.1, -0.05) is 48.5 Å². The fourth-order valence-corrected chi connectivity index (χ4v) is 3.51. The zero-order valence-electron chi connectivity index (χ0n) is 11.4. The fraction of sp³-hybridized carbons (Fsp3) is 0.278. The molecule has 2 aromatic rings. The van der Waals surface area contributed by atoms with Gasteiger partial charge in [-0.3, -0.25) is 5.01 Å². The number of fused-ring (bicyclic) bond motifs is 1. The van der Waals surface area contributed by atoms with Crippen LogP contribution < -0.4 is 5.01 Å². The lowest BCUT2D eigenvalue weighted by atomic mass is 9.91. The maximum atomic E-state index is 4.93. The van der Waals surface area contributed by atoms with E-state index in [4.69, 9.17) is 5.10 Å². The number of hydrogen-bond donors (Lipinski definition) is 0. The average Bonchev–Trinajstić information content (AvgIpc) is 3.09. The molecule has 2 aromatic carbocycles. The van der Waals surface area contributed by atoms with Gasteiger partial charge in [0.05, 0.1) is 11.7 Å². The summed E-state index contributed by atoms with van der Waals surface area (Å²) in [4.78, 5) is 0. The van der Waals surface area contributed by atoms with Crippen LogP contribution in [0.3, 0.4) is 0 Å². The number of anilines is 1. The van der Waals surface area contributed by atoms with Crippen molar-refractivity contribution in [2.75, 3.05) is 5.01 Å². The quantitative estimate of drug-likeness (QED) is 0.783. The molecule has 2 aliphatic rings. The largest absolute Gasteiger partial charge is 0.257 e. The van der Waals surface area contributed by atoms with Gasteiger partial charge in [-0.05, 0) is 37.0 Å². The van der Waals surface area contributed by atoms with Gasteiger partial charge in [-0.15, -0.1) is 0 Å². The standard InChI is InChI=1S/C18H18N2/c1-3-8-14(9-4-1)18-16-12-7-13-17(16)19-20(18)15-10-5-2-6-11-15/h1-6,8-11,16,18H,7,12-13H2/t16-,18-/m0/s1. The zero-order valence-corrected chi connectivity index (χ0v) is 11.4. The molecular formula is C18H18N2. The van der Waals surface area contributed by atoms with Crippen LogP contribution in [0.5, 0.6) is 0 Å². The van der Waals surface area contributed by atoms with Crippen molar-refractivity contribution in [3.8, 4) is 0 Å². The van der Waals surface area contributed by atoms with E-state index in [0.29, 0.717) is 12.0 Å². The van der Waals surface area contributed by atoms with Crippen molar-refractivity contribution in [2.24, 2.45) is 11.0 Å². The number of hydrazone groups is 1. The molecule has 0 saturated heterocycles. The molecule has 0 amide bonds. The Morgan fingerprint density at radius 2 is 1.60 bits per heavy atom. The van der Waals surface area contributed by atoms with Crippen LogP contribution in [-0.4, -0.2) is 5.71 Å². The summed E-state index contributed by atoms with van der Waals surface area (Å²) in [6.07, 6.45) is 3.72. The lowest BCUT2D eigenvalue weighted by Crippen LogP contribution is -2.23. The highest BCUT2D eigenvalue weighted by Crippen LogP contribution is 2.45. The zero-order chi connectivity index (χ0) is 13.4. The Labute approximate surface area is 119 Å². The smallest absolute Gasteiger partial charge is 0.0856 e. The van der Waals surface area contributed by atoms with Crippen molar-refractivity contribution in [3.05, 3.63) is 66.2 Å². The van der Waals surface area contributed by atoms with Crippen LogP contribution in [0.2, 0.25) is 0 Å². The van der Waals surface area contributed by atoms with Gasteiger partial charge in [0.2, 0.25) is 0 Å². The van der Waals surface area contributed by atoms with Crippen molar-refractivity contribution in [3.63, 3.8) is 0 Å². The summed E-state index contributed by atoms with van der Waals surface area (Å²) in [7, 11) is 0. The second kappa shape index (κ2) is 4.78. The molecule has 0 aromatic heterocycles. The Balaban J connectivity index is 1.78. The molecule has 0 radical (unpaired) electrons. The maximum absolute atomic E-state index is 4.93. The SMILES string of the molecule is c1ccc([C@H]2[C@H]3CCCC3=NN2c2ccccc2)cc1. The van der Waals surface area contributed by atoms with Gasteiger partial charge in [0.15, 0.2) is 0 Å². The highest BCUT2D eigenvalue weighted by molar-refractivity contribution is 5.92. The molecule has 2 nitrogen and oxygen atoms in total. The van der Waals surface area contributed by atoms with Gasteiger partial charge in [0.25, 0.3) is 0 Å². The first-order chi connectivity index (χ1) is 9.93. The first-order valence-electron chi connectivity index (χ1n) is 7.40. The highest BCUT2D eigenvalue weighted by atomic mass is 15.5. The Hall–Kier alpha value is -2.09. The van der Waals surface area contributed by atoms with E-state index in [1.807, 2.05) is 0 Å². The number of rotatable bonds is 2. The summed E-state index contributed by atoms with van der Waals surface area (Å²) in [6, 6.07) is 21.7. The molecule has 1 aliphatic heterocycles. The van der Waals surface area contributed by atoms with E-state index in [0.717, 1.165) is 6.42 Å². The van der Waals surface area contributed by atoms with Gasteiger partial charge >= 0.3 is 0 Å². The second-order valence-corrected chi connectivity index (χ2v) is 5.63. The maximum Gasteiger partial charge on any atom is 0.0856 e. The predicted octanol–water partition coefficient (Wildman–Crippen LogP) is 4.40. The molecule has 1 heterocycles. The van der Waals surface area contributed by atoms with Gasteiger partial charge in [-0.2, -0.15) is 5.10 Å². The molecule has 4 rings (SSSR count). The molecule has 1 saturated carbocycles. The van der Waals surface area contributed by atoms with Crippen LogP contribution in [0.25, 0.3) is 0 Å². The minimum Gasteiger partial charge on any atom is -0.257 e. The van der Waals surface area contributed by atoms with Crippen molar-refractivity contribution < 1.29 is 0 Å². The van der Waals surface area contributed by atoms with E-state index in [2.05, 4.69) is 65.7 Å². The van der Waals surface area contributed by atoms with Crippen LogP contribution in [0.4, 0.5) is 5.69 Å². The minimum atomic E-state index is 0.371. The minimum absolute atomic E-state index is 0.371. The fourth-order valence-electron chi connectivity index (χ4n) is 3.51. The van der Waals surface area contributed by atoms with Crippen LogP contribution in [0.1, 0.15) is 30.9 Å². The molecule has 0 spiro atoms. The van der Waals surface area contributed by atoms with Crippen molar-refractivity contribution in [1.29, 1.82) is 0 Å². The Bertz CT molecular complexity index is 618. The Morgan fingerprint density at radius 3 is 2.35 bits per heavy atom. The third-order valence-electron chi connectivity index (χ3n) is 4.42. The molecule has 2 atom stereocenters. The monoisotopic (exact) mass is 262 g/mol. The molecule has 0 bridgehead atoms. The molecule has 20 heavy (non-hydrogen) atoms. The van der Waals surface area contributed by atoms with Gasteiger partial charge in [-0.25, -0.2) is 0 Å². The van der Waals surface area contributed by atoms with Crippen molar-refractivity contribution in [1.82, 2.24) is 0 Å². The van der Waals surface area contributed by atoms with E-state index in [1.165, 1.54) is 29.8 Å². The summed E-state index contributed by atoms with van der Waals surface area (Å²) >= 11 is 0. The summed E-state index contributed by atoms with van der Waals surface area (Å²) in [5, 5.41) is 7.16. The summed E-state index contributed by atoms with van der Waals surface area (Å²) < 4.78 is 0. The molecular weight excluding hydrogens is 244 g/mol. The van der Waals surface area contributed by atoms with E-state index in [1.54, 1.807) is 0 Å². The highest BCUT2D eigenvalue weighted by Gasteiger charge is 2.41. The lowest BCUT2D eigenvalue weighted by molar-refractivity contribution is 0.533. The van der Waals surface area contributed by atoms with Gasteiger partial charge < -0.3 is 0 Å². The van der Waals surface area contributed by atoms with Gasteiger partial charge in [0.1, 0.15) is 0 Å². The van der Waals surface area contributed by atoms with Gasteiger partial charge in [0, 0.05) is 11.6 Å². The van der Waals surface area contributed by atoms with Crippen LogP contribution in [0.15, 0.2) is 65.8 Å². The number of para-hydroxylation sites is 1. The first-order valence-corrected chi connectivity index (χ1v) is 7.40. The van der Waals surface area contributed by atoms with Crippen molar-refractivity contribution in [2.45, 2.75) is 25.3 Å². The average molecular weight is 262 g/mol. The van der Waals surface area contributed by atoms with Crippen LogP contribution >= 0.6 is 0 Å². The van der Waals surface area contributed by atoms with Crippen molar-refractivity contribution >= 4 is 11.4 Å². The third kappa shape index (κ3) is 1.83. The summed E-state index contributed by atoms with van der Waals surface area (Å²) in [5.74, 6) is 0.595. The van der Waals surface area contributed by atoms with E-state index < -0.39 is 0 Å². The molecule has 1 aliphatic carbocycles. The summed E-state index contributed by atoms with van der Waals surface area (Å²) in [5.41, 5.74) is 3.97. The lowest BCUT2D eigenvalue weighted by Gasteiger charge is -2.27. The number of nitrogens with zero attached hydrogens (tertiary/aromatic N) is 2. The number of benzene rings is 2. The topological polar surface area (TPSA) is 15.6 Å². The second-order valence-electron chi connectivity index (χ2n) is 5.63. The van der Waals surface area contributed by atoms with E-state index in [-0.39, 0.29) is 0 Å².